The minimum atomic E-state index is -4.62. The van der Waals surface area contributed by atoms with Crippen LogP contribution in [-0.2, 0) is 17.3 Å². The Morgan fingerprint density at radius 1 is 1.26 bits per heavy atom. The highest BCUT2D eigenvalue weighted by Crippen LogP contribution is 2.42. The number of anilines is 1. The van der Waals surface area contributed by atoms with E-state index in [0.717, 1.165) is 25.6 Å². The minimum Gasteiger partial charge on any atom is -0.381 e. The number of halogens is 3. The maximum atomic E-state index is 14.0. The number of amides is 1. The van der Waals surface area contributed by atoms with Gasteiger partial charge in [0.15, 0.2) is 0 Å². The molecule has 1 amide bonds. The van der Waals surface area contributed by atoms with Crippen LogP contribution < -0.4 is 10.6 Å². The molecule has 8 nitrogen and oxygen atoms in total. The van der Waals surface area contributed by atoms with Crippen molar-refractivity contribution in [2.24, 2.45) is 5.92 Å². The lowest BCUT2D eigenvalue weighted by molar-refractivity contribution is -0.137. The van der Waals surface area contributed by atoms with Gasteiger partial charge in [-0.1, -0.05) is 0 Å². The number of ether oxygens (including phenoxy) is 1. The molecule has 6 rings (SSSR count). The minimum absolute atomic E-state index is 0.0553. The predicted octanol–water partition coefficient (Wildman–Crippen LogP) is 3.22. The molecule has 1 atom stereocenters. The summed E-state index contributed by atoms with van der Waals surface area (Å²) in [5, 5.41) is 6.76. The maximum Gasteiger partial charge on any atom is 0.419 e. The smallest absolute Gasteiger partial charge is 0.381 e. The fourth-order valence-electron chi connectivity index (χ4n) is 5.43. The summed E-state index contributed by atoms with van der Waals surface area (Å²) < 4.78 is 47.1. The number of carbonyl (C=O) groups excluding carboxylic acids is 1. The molecule has 1 unspecified atom stereocenters. The molecule has 3 N–H and O–H groups in total. The molecule has 2 aromatic heterocycles. The third-order valence-corrected chi connectivity index (χ3v) is 7.76. The average molecular weight is 491 g/mol. The molecule has 3 fully saturated rings. The Balaban J connectivity index is 1.29. The fraction of sp³-hybridized carbons (Fsp3) is 0.625. The number of nitrogens with one attached hydrogen (secondary N) is 3. The van der Waals surface area contributed by atoms with Crippen LogP contribution in [-0.4, -0.2) is 70.2 Å². The van der Waals surface area contributed by atoms with Crippen molar-refractivity contribution in [3.05, 3.63) is 29.2 Å². The standard InChI is InChI=1S/C24H29F3N6O2/c25-24(26,27)18-10-29-22(31-15-3-4-23(5-6-23)30-8-15)32-19(18)17-9-28-20-16(17)2-1-7-33(21(20)34)11-14-12-35-13-14/h9-10,14-15,28,30H,1-8,11-13H2,(H,29,31,32). The van der Waals surface area contributed by atoms with Gasteiger partial charge in [0.2, 0.25) is 5.95 Å². The third kappa shape index (κ3) is 4.40. The van der Waals surface area contributed by atoms with Crippen LogP contribution in [0.1, 0.15) is 53.7 Å². The number of fused-ring (bicyclic) bond motifs is 1. The Bertz CT molecular complexity index is 1110. The zero-order valence-electron chi connectivity index (χ0n) is 19.4. The van der Waals surface area contributed by atoms with Crippen molar-refractivity contribution in [1.29, 1.82) is 0 Å². The molecule has 5 heterocycles. The van der Waals surface area contributed by atoms with E-state index < -0.39 is 11.7 Å². The highest BCUT2D eigenvalue weighted by atomic mass is 19.4. The van der Waals surface area contributed by atoms with Gasteiger partial charge in [-0.3, -0.25) is 4.79 Å². The second kappa shape index (κ2) is 8.48. The molecule has 35 heavy (non-hydrogen) atoms. The predicted molar refractivity (Wildman–Crippen MR) is 122 cm³/mol. The Hall–Kier alpha value is -2.66. The number of hydrogen-bond donors (Lipinski definition) is 3. The molecule has 3 aliphatic heterocycles. The number of aromatic amines is 1. The van der Waals surface area contributed by atoms with Crippen molar-refractivity contribution in [1.82, 2.24) is 25.2 Å². The third-order valence-electron chi connectivity index (χ3n) is 7.76. The van der Waals surface area contributed by atoms with Gasteiger partial charge in [-0.05, 0) is 44.1 Å². The summed E-state index contributed by atoms with van der Waals surface area (Å²) >= 11 is 0. The van der Waals surface area contributed by atoms with Crippen LogP contribution in [0.2, 0.25) is 0 Å². The van der Waals surface area contributed by atoms with Gasteiger partial charge < -0.3 is 25.3 Å². The number of nitrogens with zero attached hydrogens (tertiary/aromatic N) is 3. The summed E-state index contributed by atoms with van der Waals surface area (Å²) in [6.45, 7) is 3.16. The Morgan fingerprint density at radius 3 is 2.74 bits per heavy atom. The van der Waals surface area contributed by atoms with Gasteiger partial charge in [0.25, 0.3) is 5.91 Å². The van der Waals surface area contributed by atoms with Crippen molar-refractivity contribution in [2.75, 3.05) is 38.2 Å². The molecule has 2 aromatic rings. The van der Waals surface area contributed by atoms with Crippen LogP contribution >= 0.6 is 0 Å². The quantitative estimate of drug-likeness (QED) is 0.596. The van der Waals surface area contributed by atoms with E-state index in [-0.39, 0.29) is 29.1 Å². The van der Waals surface area contributed by atoms with E-state index in [0.29, 0.717) is 61.9 Å². The topological polar surface area (TPSA) is 95.2 Å². The fourth-order valence-corrected chi connectivity index (χ4v) is 5.43. The highest BCUT2D eigenvalue weighted by molar-refractivity contribution is 5.96. The van der Waals surface area contributed by atoms with E-state index in [2.05, 4.69) is 25.6 Å². The van der Waals surface area contributed by atoms with Crippen LogP contribution in [0.25, 0.3) is 11.3 Å². The lowest BCUT2D eigenvalue weighted by Gasteiger charge is -2.31. The normalized spacial score (nSPS) is 24.1. The Labute approximate surface area is 201 Å². The maximum absolute atomic E-state index is 14.0. The number of carbonyl (C=O) groups is 1. The van der Waals surface area contributed by atoms with Gasteiger partial charge >= 0.3 is 6.18 Å². The molecule has 1 aliphatic carbocycles. The van der Waals surface area contributed by atoms with Crippen LogP contribution in [0.4, 0.5) is 19.1 Å². The summed E-state index contributed by atoms with van der Waals surface area (Å²) in [7, 11) is 0. The average Bonchev–Trinajstić information content (AvgIpc) is 3.46. The van der Waals surface area contributed by atoms with E-state index in [9.17, 15) is 18.0 Å². The first-order chi connectivity index (χ1) is 16.8. The van der Waals surface area contributed by atoms with Crippen molar-refractivity contribution in [3.8, 4) is 11.3 Å². The van der Waals surface area contributed by atoms with E-state index in [1.165, 1.54) is 19.0 Å². The van der Waals surface area contributed by atoms with Crippen molar-refractivity contribution in [2.45, 2.75) is 56.3 Å². The van der Waals surface area contributed by atoms with Gasteiger partial charge in [-0.15, -0.1) is 0 Å². The number of alkyl halides is 3. The zero-order valence-corrected chi connectivity index (χ0v) is 19.4. The first-order valence-corrected chi connectivity index (χ1v) is 12.3. The van der Waals surface area contributed by atoms with E-state index >= 15 is 0 Å². The van der Waals surface area contributed by atoms with Gasteiger partial charge in [-0.25, -0.2) is 9.97 Å². The van der Waals surface area contributed by atoms with Crippen LogP contribution in [0, 0.1) is 5.92 Å². The lowest BCUT2D eigenvalue weighted by Crippen LogP contribution is -2.46. The monoisotopic (exact) mass is 490 g/mol. The second-order valence-electron chi connectivity index (χ2n) is 10.3. The van der Waals surface area contributed by atoms with Crippen LogP contribution in [0.3, 0.4) is 0 Å². The van der Waals surface area contributed by atoms with Crippen molar-refractivity contribution >= 4 is 11.9 Å². The van der Waals surface area contributed by atoms with Crippen LogP contribution in [0.15, 0.2) is 12.4 Å². The molecule has 1 saturated carbocycles. The number of piperidine rings is 1. The first-order valence-electron chi connectivity index (χ1n) is 12.3. The number of hydrogen-bond acceptors (Lipinski definition) is 6. The largest absolute Gasteiger partial charge is 0.419 e. The number of H-pyrrole nitrogens is 1. The summed E-state index contributed by atoms with van der Waals surface area (Å²) in [6.07, 6.45) is 3.21. The Kier molecular flexibility index (Phi) is 5.52. The molecule has 188 valence electrons. The van der Waals surface area contributed by atoms with E-state index in [4.69, 9.17) is 4.74 Å². The summed E-state index contributed by atoms with van der Waals surface area (Å²) in [4.78, 5) is 26.3. The van der Waals surface area contributed by atoms with Crippen molar-refractivity contribution in [3.63, 3.8) is 0 Å². The number of rotatable bonds is 5. The highest BCUT2D eigenvalue weighted by Gasteiger charge is 2.45. The molecular weight excluding hydrogens is 461 g/mol. The lowest BCUT2D eigenvalue weighted by atomic mass is 9.99. The van der Waals surface area contributed by atoms with Gasteiger partial charge in [0.05, 0.1) is 18.9 Å². The number of aromatic nitrogens is 3. The van der Waals surface area contributed by atoms with Gasteiger partial charge in [0, 0.05) is 55.1 Å². The summed E-state index contributed by atoms with van der Waals surface area (Å²) in [6, 6.07) is 0.0553. The molecule has 0 aromatic carbocycles. The van der Waals surface area contributed by atoms with Crippen molar-refractivity contribution < 1.29 is 22.7 Å². The van der Waals surface area contributed by atoms with Gasteiger partial charge in [-0.2, -0.15) is 13.2 Å². The van der Waals surface area contributed by atoms with E-state index in [1.807, 2.05) is 0 Å². The molecule has 0 bridgehead atoms. The van der Waals surface area contributed by atoms with Crippen LogP contribution in [0.5, 0.6) is 0 Å². The SMILES string of the molecule is O=C1c2[nH]cc(-c3nc(NC4CCC5(CC5)NC4)ncc3C(F)(F)F)c2CCCN1CC1COC1. The Morgan fingerprint density at radius 2 is 2.09 bits per heavy atom. The molecule has 4 aliphatic rings. The van der Waals surface area contributed by atoms with E-state index in [1.54, 1.807) is 4.90 Å². The second-order valence-corrected chi connectivity index (χ2v) is 10.3. The molecule has 1 spiro atoms. The molecule has 0 radical (unpaired) electrons. The summed E-state index contributed by atoms with van der Waals surface area (Å²) in [5.41, 5.74) is 0.447. The molecule has 2 saturated heterocycles. The zero-order chi connectivity index (χ0) is 24.2. The summed E-state index contributed by atoms with van der Waals surface area (Å²) in [5.74, 6) is 0.304. The molecular formula is C24H29F3N6O2. The first kappa shape index (κ1) is 22.8. The van der Waals surface area contributed by atoms with Gasteiger partial charge in [0.1, 0.15) is 11.3 Å². The molecule has 11 heteroatoms.